The minimum absolute atomic E-state index is 0.0540. The van der Waals surface area contributed by atoms with Gasteiger partial charge in [-0.1, -0.05) is 60.7 Å². The molecule has 0 saturated carbocycles. The van der Waals surface area contributed by atoms with Crippen LogP contribution in [0.4, 0.5) is 0 Å². The lowest BCUT2D eigenvalue weighted by Gasteiger charge is -1.99. The van der Waals surface area contributed by atoms with Gasteiger partial charge in [-0.25, -0.2) is 0 Å². The maximum absolute atomic E-state index is 11.7. The number of ketones is 1. The van der Waals surface area contributed by atoms with E-state index in [2.05, 4.69) is 12.2 Å². The van der Waals surface area contributed by atoms with Gasteiger partial charge >= 0.3 is 0 Å². The lowest BCUT2D eigenvalue weighted by Crippen LogP contribution is -1.89. The topological polar surface area (TPSA) is 37.3 Å². The van der Waals surface area contributed by atoms with Gasteiger partial charge in [0, 0.05) is 6.08 Å². The molecule has 0 atom stereocenters. The van der Waals surface area contributed by atoms with Crippen molar-refractivity contribution < 1.29 is 9.90 Å². The summed E-state index contributed by atoms with van der Waals surface area (Å²) in [5.74, 6) is -0.285. The zero-order valence-electron chi connectivity index (χ0n) is 11.8. The molecule has 0 fully saturated rings. The van der Waals surface area contributed by atoms with Crippen LogP contribution in [0.1, 0.15) is 18.4 Å². The second-order valence-electron chi connectivity index (χ2n) is 4.73. The fraction of sp³-hybridized carbons (Fsp3) is 0.105. The molecule has 21 heavy (non-hydrogen) atoms. The van der Waals surface area contributed by atoms with Crippen molar-refractivity contribution in [2.24, 2.45) is 0 Å². The van der Waals surface area contributed by atoms with E-state index in [0.29, 0.717) is 0 Å². The minimum atomic E-state index is -0.231. The number of hydrogen-bond acceptors (Lipinski definition) is 2. The Bertz CT molecular complexity index is 629. The highest BCUT2D eigenvalue weighted by molar-refractivity contribution is 6.00. The molecule has 1 aromatic carbocycles. The molecule has 1 aromatic rings. The van der Waals surface area contributed by atoms with Crippen molar-refractivity contribution in [3.05, 3.63) is 89.8 Å². The molecule has 0 aliphatic heterocycles. The number of carbonyl (C=O) groups excluding carboxylic acids is 1. The normalized spacial score (nSPS) is 15.6. The number of hydrogen-bond donors (Lipinski definition) is 1. The summed E-state index contributed by atoms with van der Waals surface area (Å²) in [6.07, 6.45) is 15.9. The largest absolute Gasteiger partial charge is 0.508 e. The first-order valence-corrected chi connectivity index (χ1v) is 6.96. The third kappa shape index (κ3) is 5.49. The van der Waals surface area contributed by atoms with E-state index < -0.39 is 0 Å². The lowest BCUT2D eigenvalue weighted by molar-refractivity contribution is -0.110. The van der Waals surface area contributed by atoms with Crippen LogP contribution in [0, 0.1) is 0 Å². The number of aliphatic hydroxyl groups is 1. The average molecular weight is 278 g/mol. The van der Waals surface area contributed by atoms with Gasteiger partial charge in [-0.2, -0.15) is 0 Å². The van der Waals surface area contributed by atoms with Crippen LogP contribution >= 0.6 is 0 Å². The monoisotopic (exact) mass is 278 g/mol. The van der Waals surface area contributed by atoms with Crippen LogP contribution in [0.25, 0.3) is 6.08 Å². The van der Waals surface area contributed by atoms with E-state index >= 15 is 0 Å². The molecule has 0 heterocycles. The summed E-state index contributed by atoms with van der Waals surface area (Å²) in [5, 5.41) is 9.71. The van der Waals surface area contributed by atoms with Crippen molar-refractivity contribution in [2.75, 3.05) is 0 Å². The third-order valence-electron chi connectivity index (χ3n) is 3.00. The fourth-order valence-corrected chi connectivity index (χ4v) is 1.92. The molecular weight excluding hydrogens is 260 g/mol. The molecule has 1 aliphatic rings. The second-order valence-corrected chi connectivity index (χ2v) is 4.73. The molecule has 1 N–H and O–H groups in total. The first-order chi connectivity index (χ1) is 10.2. The summed E-state index contributed by atoms with van der Waals surface area (Å²) < 4.78 is 0. The van der Waals surface area contributed by atoms with E-state index in [0.717, 1.165) is 24.0 Å². The van der Waals surface area contributed by atoms with Gasteiger partial charge in [0.15, 0.2) is 5.78 Å². The van der Waals surface area contributed by atoms with E-state index in [4.69, 9.17) is 0 Å². The van der Waals surface area contributed by atoms with Crippen LogP contribution in [-0.2, 0) is 4.79 Å². The Morgan fingerprint density at radius 1 is 1.05 bits per heavy atom. The smallest absolute Gasteiger partial charge is 0.182 e. The highest BCUT2D eigenvalue weighted by Crippen LogP contribution is 2.10. The Kier molecular flexibility index (Phi) is 5.53. The average Bonchev–Trinajstić information content (AvgIpc) is 2.53. The van der Waals surface area contributed by atoms with Crippen LogP contribution in [0.15, 0.2) is 84.2 Å². The van der Waals surface area contributed by atoms with E-state index in [1.165, 1.54) is 18.2 Å². The minimum Gasteiger partial charge on any atom is -0.508 e. The standard InChI is InChI=1S/C19H18O2/c20-18(13-11-16-7-3-1-4-8-16)15-19(21)14-12-17-9-5-2-6-10-17/h1,3-5,7-15,20H,2,6H2/b13-11+,14-12+,18-15-. The molecule has 2 heteroatoms. The summed E-state index contributed by atoms with van der Waals surface area (Å²) in [5.41, 5.74) is 2.00. The number of carbonyl (C=O) groups is 1. The van der Waals surface area contributed by atoms with Gasteiger partial charge in [-0.05, 0) is 36.1 Å². The highest BCUT2D eigenvalue weighted by atomic mass is 16.3. The van der Waals surface area contributed by atoms with Crippen LogP contribution in [-0.4, -0.2) is 10.9 Å². The Morgan fingerprint density at radius 2 is 1.86 bits per heavy atom. The SMILES string of the molecule is O=C(/C=C(O)/C=C/c1ccccc1)/C=C/C1=CCCC=C1. The first kappa shape index (κ1) is 14.8. The Morgan fingerprint density at radius 3 is 2.57 bits per heavy atom. The molecule has 0 saturated heterocycles. The Labute approximate surface area is 125 Å². The molecular formula is C19H18O2. The molecule has 2 rings (SSSR count). The first-order valence-electron chi connectivity index (χ1n) is 6.96. The van der Waals surface area contributed by atoms with Crippen LogP contribution < -0.4 is 0 Å². The maximum Gasteiger partial charge on any atom is 0.182 e. The van der Waals surface area contributed by atoms with Crippen molar-refractivity contribution in [1.82, 2.24) is 0 Å². The van der Waals surface area contributed by atoms with E-state index in [1.807, 2.05) is 36.4 Å². The number of allylic oxidation sites excluding steroid dienone is 8. The van der Waals surface area contributed by atoms with Crippen LogP contribution in [0.2, 0.25) is 0 Å². The summed E-state index contributed by atoms with van der Waals surface area (Å²) in [4.78, 5) is 11.7. The van der Waals surface area contributed by atoms with E-state index in [9.17, 15) is 9.90 Å². The van der Waals surface area contributed by atoms with Gasteiger partial charge in [-0.15, -0.1) is 0 Å². The van der Waals surface area contributed by atoms with Gasteiger partial charge in [0.2, 0.25) is 0 Å². The molecule has 0 unspecified atom stereocenters. The molecule has 1 aliphatic carbocycles. The van der Waals surface area contributed by atoms with Crippen molar-refractivity contribution in [1.29, 1.82) is 0 Å². The molecule has 0 bridgehead atoms. The van der Waals surface area contributed by atoms with Crippen molar-refractivity contribution in [3.63, 3.8) is 0 Å². The van der Waals surface area contributed by atoms with Gasteiger partial charge < -0.3 is 5.11 Å². The van der Waals surface area contributed by atoms with Crippen LogP contribution in [0.3, 0.4) is 0 Å². The molecule has 106 valence electrons. The number of rotatable bonds is 5. The summed E-state index contributed by atoms with van der Waals surface area (Å²) in [6, 6.07) is 9.61. The fourth-order valence-electron chi connectivity index (χ4n) is 1.92. The predicted octanol–water partition coefficient (Wildman–Crippen LogP) is 4.54. The number of aliphatic hydroxyl groups excluding tert-OH is 1. The zero-order valence-corrected chi connectivity index (χ0v) is 11.8. The third-order valence-corrected chi connectivity index (χ3v) is 3.00. The lowest BCUT2D eigenvalue weighted by atomic mass is 10.1. The molecule has 0 aromatic heterocycles. The van der Waals surface area contributed by atoms with E-state index in [1.54, 1.807) is 12.2 Å². The summed E-state index contributed by atoms with van der Waals surface area (Å²) in [7, 11) is 0. The van der Waals surface area contributed by atoms with Crippen molar-refractivity contribution >= 4 is 11.9 Å². The van der Waals surface area contributed by atoms with Crippen LogP contribution in [0.5, 0.6) is 0 Å². The zero-order chi connectivity index (χ0) is 14.9. The van der Waals surface area contributed by atoms with E-state index in [-0.39, 0.29) is 11.5 Å². The summed E-state index contributed by atoms with van der Waals surface area (Å²) in [6.45, 7) is 0. The van der Waals surface area contributed by atoms with Crippen molar-refractivity contribution in [3.8, 4) is 0 Å². The van der Waals surface area contributed by atoms with Crippen molar-refractivity contribution in [2.45, 2.75) is 12.8 Å². The second kappa shape index (κ2) is 7.85. The molecule has 0 spiro atoms. The maximum atomic E-state index is 11.7. The van der Waals surface area contributed by atoms with Gasteiger partial charge in [0.05, 0.1) is 0 Å². The Balaban J connectivity index is 1.94. The summed E-state index contributed by atoms with van der Waals surface area (Å²) >= 11 is 0. The Hall–Kier alpha value is -2.61. The molecule has 0 amide bonds. The van der Waals surface area contributed by atoms with Gasteiger partial charge in [0.1, 0.15) is 5.76 Å². The molecule has 0 radical (unpaired) electrons. The predicted molar refractivity (Wildman–Crippen MR) is 86.8 cm³/mol. The number of benzene rings is 1. The van der Waals surface area contributed by atoms with Gasteiger partial charge in [-0.3, -0.25) is 4.79 Å². The molecule has 2 nitrogen and oxygen atoms in total. The quantitative estimate of drug-likeness (QED) is 0.487. The highest BCUT2D eigenvalue weighted by Gasteiger charge is 1.96. The van der Waals surface area contributed by atoms with Gasteiger partial charge in [0.25, 0.3) is 0 Å².